The zero-order chi connectivity index (χ0) is 14.2. The lowest BCUT2D eigenvalue weighted by Crippen LogP contribution is -2.49. The number of hydrogen-bond acceptors (Lipinski definition) is 4. The molecular formula is C11H21N3O3S. The fraction of sp³-hybridized carbons (Fsp3) is 0.727. The Morgan fingerprint density at radius 1 is 1.39 bits per heavy atom. The first kappa shape index (κ1) is 16.8. The molecule has 0 aliphatic rings. The Hall–Kier alpha value is -1.21. The fourth-order valence-electron chi connectivity index (χ4n) is 1.16. The van der Waals surface area contributed by atoms with E-state index >= 15 is 0 Å². The van der Waals surface area contributed by atoms with Crippen LogP contribution in [0.1, 0.15) is 20.3 Å². The van der Waals surface area contributed by atoms with Crippen LogP contribution in [-0.2, 0) is 14.3 Å². The second kappa shape index (κ2) is 7.99. The summed E-state index contributed by atoms with van der Waals surface area (Å²) in [6.07, 6.45) is 0.486. The second-order valence-electron chi connectivity index (χ2n) is 4.08. The Bertz CT molecular complexity index is 323. The van der Waals surface area contributed by atoms with Crippen LogP contribution in [0.2, 0.25) is 0 Å². The molecule has 0 heterocycles. The van der Waals surface area contributed by atoms with Gasteiger partial charge in [0.25, 0.3) is 0 Å². The normalized spacial score (nSPS) is 13.5. The predicted molar refractivity (Wildman–Crippen MR) is 73.1 cm³/mol. The van der Waals surface area contributed by atoms with Crippen molar-refractivity contribution in [1.82, 2.24) is 10.6 Å². The van der Waals surface area contributed by atoms with Crippen LogP contribution >= 0.6 is 12.2 Å². The van der Waals surface area contributed by atoms with Crippen LogP contribution in [0.3, 0.4) is 0 Å². The third-order valence-electron chi connectivity index (χ3n) is 2.79. The van der Waals surface area contributed by atoms with E-state index in [0.29, 0.717) is 19.6 Å². The highest BCUT2D eigenvalue weighted by Crippen LogP contribution is 2.21. The van der Waals surface area contributed by atoms with E-state index in [1.807, 2.05) is 6.92 Å². The Morgan fingerprint density at radius 2 is 2.00 bits per heavy atom. The first-order valence-electron chi connectivity index (χ1n) is 5.72. The van der Waals surface area contributed by atoms with Crippen molar-refractivity contribution in [3.8, 4) is 0 Å². The summed E-state index contributed by atoms with van der Waals surface area (Å²) in [6.45, 7) is 4.22. The Labute approximate surface area is 113 Å². The van der Waals surface area contributed by atoms with Gasteiger partial charge in [-0.25, -0.2) is 0 Å². The molecule has 1 unspecified atom stereocenters. The summed E-state index contributed by atoms with van der Waals surface area (Å²) in [4.78, 5) is 23.4. The molecule has 1 atom stereocenters. The lowest BCUT2D eigenvalue weighted by Gasteiger charge is -2.25. The Kier molecular flexibility index (Phi) is 7.45. The number of carbonyl (C=O) groups is 2. The molecule has 0 spiro atoms. The Balaban J connectivity index is 4.17. The molecular weight excluding hydrogens is 254 g/mol. The van der Waals surface area contributed by atoms with Crippen molar-refractivity contribution in [3.63, 3.8) is 0 Å². The molecule has 0 radical (unpaired) electrons. The van der Waals surface area contributed by atoms with Crippen LogP contribution in [0.15, 0.2) is 0 Å². The maximum atomic E-state index is 11.9. The van der Waals surface area contributed by atoms with E-state index in [0.717, 1.165) is 0 Å². The zero-order valence-electron chi connectivity index (χ0n) is 11.0. The number of methoxy groups -OCH3 is 1. The van der Waals surface area contributed by atoms with Gasteiger partial charge in [0.2, 0.25) is 11.8 Å². The molecule has 0 aromatic carbocycles. The van der Waals surface area contributed by atoms with Crippen LogP contribution in [0, 0.1) is 5.41 Å². The predicted octanol–water partition coefficient (Wildman–Crippen LogP) is -0.432. The summed E-state index contributed by atoms with van der Waals surface area (Å²) in [7, 11) is 1.54. The summed E-state index contributed by atoms with van der Waals surface area (Å²) < 4.78 is 4.79. The number of carbonyl (C=O) groups excluding carboxylic acids is 2. The van der Waals surface area contributed by atoms with Crippen LogP contribution in [0.4, 0.5) is 0 Å². The summed E-state index contributed by atoms with van der Waals surface area (Å²) in [5, 5.41) is 5.12. The standard InChI is InChI=1S/C11H21N3O3S/c1-4-11(2,9(12)18)10(16)14-7-8(15)13-5-6-17-3/h4-7H2,1-3H3,(H2,12,18)(H,13,15)(H,14,16). The highest BCUT2D eigenvalue weighted by Gasteiger charge is 2.34. The van der Waals surface area contributed by atoms with E-state index in [1.165, 1.54) is 0 Å². The number of hydrogen-bond donors (Lipinski definition) is 3. The molecule has 0 saturated carbocycles. The van der Waals surface area contributed by atoms with Crippen molar-refractivity contribution in [3.05, 3.63) is 0 Å². The van der Waals surface area contributed by atoms with Gasteiger partial charge in [0, 0.05) is 13.7 Å². The van der Waals surface area contributed by atoms with Crippen LogP contribution in [0.5, 0.6) is 0 Å². The monoisotopic (exact) mass is 275 g/mol. The van der Waals surface area contributed by atoms with Crippen LogP contribution in [0.25, 0.3) is 0 Å². The quantitative estimate of drug-likeness (QED) is 0.413. The Morgan fingerprint density at radius 3 is 2.44 bits per heavy atom. The lowest BCUT2D eigenvalue weighted by molar-refractivity contribution is -0.130. The molecule has 104 valence electrons. The van der Waals surface area contributed by atoms with E-state index in [-0.39, 0.29) is 23.3 Å². The van der Waals surface area contributed by atoms with Gasteiger partial charge in [-0.1, -0.05) is 19.1 Å². The van der Waals surface area contributed by atoms with E-state index in [4.69, 9.17) is 22.7 Å². The molecule has 0 aromatic rings. The highest BCUT2D eigenvalue weighted by atomic mass is 32.1. The average Bonchev–Trinajstić information content (AvgIpc) is 2.34. The van der Waals surface area contributed by atoms with Gasteiger partial charge in [0.1, 0.15) is 0 Å². The highest BCUT2D eigenvalue weighted by molar-refractivity contribution is 7.80. The van der Waals surface area contributed by atoms with Gasteiger partial charge in [-0.15, -0.1) is 0 Å². The van der Waals surface area contributed by atoms with Gasteiger partial charge >= 0.3 is 0 Å². The number of nitrogens with one attached hydrogen (secondary N) is 2. The van der Waals surface area contributed by atoms with Crippen molar-refractivity contribution in [2.24, 2.45) is 11.1 Å². The molecule has 0 saturated heterocycles. The minimum atomic E-state index is -0.915. The second-order valence-corrected chi connectivity index (χ2v) is 4.52. The van der Waals surface area contributed by atoms with Crippen molar-refractivity contribution in [2.75, 3.05) is 26.8 Å². The molecule has 0 aliphatic heterocycles. The smallest absolute Gasteiger partial charge is 0.239 e. The molecule has 4 N–H and O–H groups in total. The van der Waals surface area contributed by atoms with Gasteiger partial charge in [-0.2, -0.15) is 0 Å². The number of rotatable bonds is 8. The summed E-state index contributed by atoms with van der Waals surface area (Å²) in [6, 6.07) is 0. The lowest BCUT2D eigenvalue weighted by atomic mass is 9.86. The minimum absolute atomic E-state index is 0.0965. The largest absolute Gasteiger partial charge is 0.392 e. The average molecular weight is 275 g/mol. The number of nitrogens with two attached hydrogens (primary N) is 1. The summed E-state index contributed by atoms with van der Waals surface area (Å²) in [5.41, 5.74) is 4.63. The van der Waals surface area contributed by atoms with Gasteiger partial charge in [-0.3, -0.25) is 9.59 Å². The van der Waals surface area contributed by atoms with Gasteiger partial charge in [0.05, 0.1) is 23.6 Å². The molecule has 18 heavy (non-hydrogen) atoms. The third-order valence-corrected chi connectivity index (χ3v) is 3.24. The molecule has 6 nitrogen and oxygen atoms in total. The maximum Gasteiger partial charge on any atom is 0.239 e. The van der Waals surface area contributed by atoms with Gasteiger partial charge < -0.3 is 21.1 Å². The number of thiocarbonyl (C=S) groups is 1. The van der Waals surface area contributed by atoms with Crippen molar-refractivity contribution < 1.29 is 14.3 Å². The van der Waals surface area contributed by atoms with E-state index in [9.17, 15) is 9.59 Å². The SMILES string of the molecule is CCC(C)(C(=O)NCC(=O)NCCOC)C(N)=S. The zero-order valence-corrected chi connectivity index (χ0v) is 11.9. The first-order valence-corrected chi connectivity index (χ1v) is 6.13. The third kappa shape index (κ3) is 4.97. The fourth-order valence-corrected chi connectivity index (χ4v) is 1.39. The molecule has 2 amide bonds. The molecule has 0 bridgehead atoms. The van der Waals surface area contributed by atoms with Crippen LogP contribution < -0.4 is 16.4 Å². The van der Waals surface area contributed by atoms with Crippen LogP contribution in [-0.4, -0.2) is 43.6 Å². The molecule has 0 rings (SSSR count). The van der Waals surface area contributed by atoms with E-state index in [2.05, 4.69) is 10.6 Å². The van der Waals surface area contributed by atoms with Crippen molar-refractivity contribution >= 4 is 29.0 Å². The molecule has 7 heteroatoms. The topological polar surface area (TPSA) is 93.5 Å². The summed E-state index contributed by atoms with van der Waals surface area (Å²) in [5.74, 6) is -0.610. The summed E-state index contributed by atoms with van der Waals surface area (Å²) >= 11 is 4.87. The van der Waals surface area contributed by atoms with Gasteiger partial charge in [-0.05, 0) is 13.3 Å². The van der Waals surface area contributed by atoms with Crippen molar-refractivity contribution in [1.29, 1.82) is 0 Å². The maximum absolute atomic E-state index is 11.9. The van der Waals surface area contributed by atoms with Gasteiger partial charge in [0.15, 0.2) is 0 Å². The van der Waals surface area contributed by atoms with Crippen molar-refractivity contribution in [2.45, 2.75) is 20.3 Å². The minimum Gasteiger partial charge on any atom is -0.392 e. The molecule has 0 aromatic heterocycles. The molecule has 0 fully saturated rings. The molecule has 0 aliphatic carbocycles. The number of amides is 2. The number of ether oxygens (including phenoxy) is 1. The van der Waals surface area contributed by atoms with E-state index in [1.54, 1.807) is 14.0 Å². The first-order chi connectivity index (χ1) is 8.38. The van der Waals surface area contributed by atoms with E-state index < -0.39 is 5.41 Å².